The van der Waals surface area contributed by atoms with Gasteiger partial charge in [0.25, 0.3) is 0 Å². The third-order valence-corrected chi connectivity index (χ3v) is 4.77. The number of aryl methyl sites for hydroxylation is 2. The molecule has 2 aromatic rings. The number of pyridine rings is 1. The number of aromatic nitrogens is 1. The lowest BCUT2D eigenvalue weighted by Crippen LogP contribution is -2.31. The molecule has 1 aromatic carbocycles. The summed E-state index contributed by atoms with van der Waals surface area (Å²) in [6, 6.07) is 8.55. The van der Waals surface area contributed by atoms with E-state index in [2.05, 4.69) is 37.9 Å². The van der Waals surface area contributed by atoms with E-state index < -0.39 is 6.10 Å². The first-order valence-electron chi connectivity index (χ1n) is 7.89. The monoisotopic (exact) mass is 284 g/mol. The molecule has 0 spiro atoms. The zero-order valence-electron chi connectivity index (χ0n) is 13.1. The second kappa shape index (κ2) is 5.74. The van der Waals surface area contributed by atoms with Crippen LogP contribution in [0, 0.1) is 6.92 Å². The number of hydrogen-bond acceptors (Lipinski definition) is 3. The van der Waals surface area contributed by atoms with Gasteiger partial charge >= 0.3 is 0 Å². The molecule has 2 unspecified atom stereocenters. The summed E-state index contributed by atoms with van der Waals surface area (Å²) in [5.74, 6) is 0. The van der Waals surface area contributed by atoms with Crippen molar-refractivity contribution in [1.29, 1.82) is 0 Å². The van der Waals surface area contributed by atoms with E-state index in [-0.39, 0.29) is 6.04 Å². The molecule has 112 valence electrons. The summed E-state index contributed by atoms with van der Waals surface area (Å²) in [7, 11) is 2.10. The molecule has 2 heterocycles. The Bertz CT molecular complexity index is 653. The molecule has 1 N–H and O–H groups in total. The first kappa shape index (κ1) is 14.5. The summed E-state index contributed by atoms with van der Waals surface area (Å²) in [5.41, 5.74) is 4.30. The summed E-state index contributed by atoms with van der Waals surface area (Å²) in [6.45, 7) is 5.31. The van der Waals surface area contributed by atoms with Gasteiger partial charge in [-0.2, -0.15) is 0 Å². The maximum Gasteiger partial charge on any atom is 0.0966 e. The van der Waals surface area contributed by atoms with Gasteiger partial charge in [-0.05, 0) is 51.4 Å². The predicted molar refractivity (Wildman–Crippen MR) is 86.5 cm³/mol. The van der Waals surface area contributed by atoms with Gasteiger partial charge < -0.3 is 10.0 Å². The average molecular weight is 284 g/mol. The third-order valence-electron chi connectivity index (χ3n) is 4.77. The van der Waals surface area contributed by atoms with E-state index in [9.17, 15) is 5.11 Å². The van der Waals surface area contributed by atoms with Crippen LogP contribution in [-0.4, -0.2) is 34.6 Å². The number of benzene rings is 1. The van der Waals surface area contributed by atoms with Crippen molar-refractivity contribution >= 4 is 10.9 Å². The molecule has 1 saturated heterocycles. The molecular formula is C18H24N2O. The highest BCUT2D eigenvalue weighted by molar-refractivity contribution is 5.83. The van der Waals surface area contributed by atoms with E-state index in [1.165, 1.54) is 5.56 Å². The lowest BCUT2D eigenvalue weighted by atomic mass is 9.96. The van der Waals surface area contributed by atoms with Gasteiger partial charge in [0.1, 0.15) is 0 Å². The van der Waals surface area contributed by atoms with Crippen LogP contribution in [0.15, 0.2) is 24.3 Å². The summed E-state index contributed by atoms with van der Waals surface area (Å²) in [6.07, 6.45) is 2.69. The lowest BCUT2D eigenvalue weighted by Gasteiger charge is -2.26. The fraction of sp³-hybridized carbons (Fsp3) is 0.500. The largest absolute Gasteiger partial charge is 0.387 e. The predicted octanol–water partition coefficient (Wildman–Crippen LogP) is 3.23. The number of nitrogens with zero attached hydrogens (tertiary/aromatic N) is 2. The second-order valence-electron chi connectivity index (χ2n) is 6.16. The molecule has 0 bridgehead atoms. The highest BCUT2D eigenvalue weighted by Crippen LogP contribution is 2.32. The van der Waals surface area contributed by atoms with Gasteiger partial charge in [0.2, 0.25) is 0 Å². The molecular weight excluding hydrogens is 260 g/mol. The van der Waals surface area contributed by atoms with Crippen molar-refractivity contribution in [1.82, 2.24) is 9.88 Å². The Kier molecular flexibility index (Phi) is 3.96. The quantitative estimate of drug-likeness (QED) is 0.940. The number of para-hydroxylation sites is 1. The highest BCUT2D eigenvalue weighted by Gasteiger charge is 2.30. The van der Waals surface area contributed by atoms with Crippen LogP contribution < -0.4 is 0 Å². The van der Waals surface area contributed by atoms with Crippen LogP contribution in [0.5, 0.6) is 0 Å². The number of fused-ring (bicyclic) bond motifs is 1. The third kappa shape index (κ3) is 2.56. The van der Waals surface area contributed by atoms with Gasteiger partial charge in [0.15, 0.2) is 0 Å². The zero-order chi connectivity index (χ0) is 15.0. The highest BCUT2D eigenvalue weighted by atomic mass is 16.3. The Morgan fingerprint density at radius 2 is 2.24 bits per heavy atom. The molecule has 2 atom stereocenters. The Morgan fingerprint density at radius 3 is 2.90 bits per heavy atom. The van der Waals surface area contributed by atoms with E-state index in [0.717, 1.165) is 48.0 Å². The number of aliphatic hydroxyl groups is 1. The number of likely N-dealkylation sites (N-methyl/N-ethyl adjacent to an activating group) is 1. The Balaban J connectivity index is 2.09. The molecule has 1 aliphatic heterocycles. The SMILES string of the molecule is CCc1nc2c(C(O)C3CCCN3C)cccc2cc1C. The van der Waals surface area contributed by atoms with Gasteiger partial charge in [0, 0.05) is 22.7 Å². The fourth-order valence-corrected chi connectivity index (χ4v) is 3.50. The summed E-state index contributed by atoms with van der Waals surface area (Å²) in [4.78, 5) is 7.09. The minimum absolute atomic E-state index is 0.212. The molecule has 3 heteroatoms. The van der Waals surface area contributed by atoms with Crippen molar-refractivity contribution in [2.45, 2.75) is 45.3 Å². The minimum Gasteiger partial charge on any atom is -0.387 e. The van der Waals surface area contributed by atoms with Crippen molar-refractivity contribution in [3.8, 4) is 0 Å². The van der Waals surface area contributed by atoms with Gasteiger partial charge in [-0.15, -0.1) is 0 Å². The number of likely N-dealkylation sites (tertiary alicyclic amines) is 1. The van der Waals surface area contributed by atoms with Gasteiger partial charge in [-0.3, -0.25) is 4.98 Å². The number of rotatable bonds is 3. The van der Waals surface area contributed by atoms with Crippen molar-refractivity contribution in [2.24, 2.45) is 0 Å². The maximum absolute atomic E-state index is 10.8. The van der Waals surface area contributed by atoms with Crippen molar-refractivity contribution in [2.75, 3.05) is 13.6 Å². The van der Waals surface area contributed by atoms with E-state index in [1.807, 2.05) is 12.1 Å². The zero-order valence-corrected chi connectivity index (χ0v) is 13.1. The molecule has 21 heavy (non-hydrogen) atoms. The van der Waals surface area contributed by atoms with Crippen LogP contribution >= 0.6 is 0 Å². The molecule has 1 fully saturated rings. The molecule has 1 aliphatic rings. The molecule has 0 aliphatic carbocycles. The van der Waals surface area contributed by atoms with E-state index in [1.54, 1.807) is 0 Å². The van der Waals surface area contributed by atoms with E-state index in [4.69, 9.17) is 4.98 Å². The minimum atomic E-state index is -0.457. The van der Waals surface area contributed by atoms with Crippen LogP contribution in [0.25, 0.3) is 10.9 Å². The van der Waals surface area contributed by atoms with E-state index in [0.29, 0.717) is 0 Å². The topological polar surface area (TPSA) is 36.4 Å². The first-order chi connectivity index (χ1) is 10.1. The standard InChI is InChI=1S/C18H24N2O/c1-4-15-12(2)11-13-7-5-8-14(17(13)19-15)18(21)16-9-6-10-20(16)3/h5,7-8,11,16,18,21H,4,6,9-10H2,1-3H3. The molecule has 0 saturated carbocycles. The van der Waals surface area contributed by atoms with Crippen LogP contribution in [0.2, 0.25) is 0 Å². The van der Waals surface area contributed by atoms with Crippen LogP contribution in [0.4, 0.5) is 0 Å². The van der Waals surface area contributed by atoms with Crippen molar-refractivity contribution in [3.63, 3.8) is 0 Å². The van der Waals surface area contributed by atoms with Gasteiger partial charge in [-0.1, -0.05) is 25.1 Å². The number of aliphatic hydroxyl groups excluding tert-OH is 1. The fourth-order valence-electron chi connectivity index (χ4n) is 3.50. The maximum atomic E-state index is 10.8. The van der Waals surface area contributed by atoms with Crippen molar-refractivity contribution < 1.29 is 5.11 Å². The number of hydrogen-bond donors (Lipinski definition) is 1. The Labute approximate surface area is 126 Å². The summed E-state index contributed by atoms with van der Waals surface area (Å²) in [5, 5.41) is 12.0. The van der Waals surface area contributed by atoms with Gasteiger partial charge in [-0.25, -0.2) is 0 Å². The molecule has 3 nitrogen and oxygen atoms in total. The van der Waals surface area contributed by atoms with Crippen molar-refractivity contribution in [3.05, 3.63) is 41.1 Å². The second-order valence-corrected chi connectivity index (χ2v) is 6.16. The molecule has 0 radical (unpaired) electrons. The Morgan fingerprint density at radius 1 is 1.43 bits per heavy atom. The molecule has 1 aromatic heterocycles. The molecule has 0 amide bonds. The Hall–Kier alpha value is -1.45. The normalized spacial score (nSPS) is 21.0. The summed E-state index contributed by atoms with van der Waals surface area (Å²) < 4.78 is 0. The first-order valence-corrected chi connectivity index (χ1v) is 7.89. The van der Waals surface area contributed by atoms with Crippen LogP contribution in [-0.2, 0) is 6.42 Å². The lowest BCUT2D eigenvalue weighted by molar-refractivity contribution is 0.0867. The smallest absolute Gasteiger partial charge is 0.0966 e. The average Bonchev–Trinajstić information content (AvgIpc) is 2.91. The summed E-state index contributed by atoms with van der Waals surface area (Å²) >= 11 is 0. The van der Waals surface area contributed by atoms with Crippen LogP contribution in [0.3, 0.4) is 0 Å². The van der Waals surface area contributed by atoms with Gasteiger partial charge in [0.05, 0.1) is 11.6 Å². The van der Waals surface area contributed by atoms with Crippen LogP contribution in [0.1, 0.15) is 42.7 Å². The van der Waals surface area contributed by atoms with E-state index >= 15 is 0 Å². The molecule has 3 rings (SSSR count).